The molecule has 0 atom stereocenters. The van der Waals surface area contributed by atoms with Gasteiger partial charge in [-0.3, -0.25) is 0 Å². The third kappa shape index (κ3) is 5.39. The van der Waals surface area contributed by atoms with Crippen molar-refractivity contribution < 1.29 is 13.2 Å². The Morgan fingerprint density at radius 1 is 1.24 bits per heavy atom. The van der Waals surface area contributed by atoms with Gasteiger partial charge in [-0.15, -0.1) is 0 Å². The molecule has 2 N–H and O–H groups in total. The minimum Gasteiger partial charge on any atom is -0.385 e. The number of nitrogens with one attached hydrogen (secondary N) is 2. The molecular formula is C15H26N2O3S. The van der Waals surface area contributed by atoms with Crippen molar-refractivity contribution >= 4 is 10.0 Å². The Kier molecular flexibility index (Phi) is 7.31. The molecule has 0 amide bonds. The summed E-state index contributed by atoms with van der Waals surface area (Å²) in [4.78, 5) is 0.368. The number of hydrogen-bond acceptors (Lipinski definition) is 4. The summed E-state index contributed by atoms with van der Waals surface area (Å²) in [6.45, 7) is 8.25. The molecule has 1 rings (SSSR count). The fourth-order valence-electron chi connectivity index (χ4n) is 2.05. The van der Waals surface area contributed by atoms with E-state index in [1.54, 1.807) is 13.2 Å². The molecule has 120 valence electrons. The van der Waals surface area contributed by atoms with Gasteiger partial charge in [0.25, 0.3) is 0 Å². The predicted octanol–water partition coefficient (Wildman–Crippen LogP) is 1.73. The zero-order valence-electron chi connectivity index (χ0n) is 13.3. The van der Waals surface area contributed by atoms with Crippen LogP contribution in [-0.2, 0) is 21.3 Å². The van der Waals surface area contributed by atoms with Crippen LogP contribution >= 0.6 is 0 Å². The number of rotatable bonds is 9. The number of sulfonamides is 1. The molecule has 0 heterocycles. The van der Waals surface area contributed by atoms with Crippen LogP contribution in [0.4, 0.5) is 0 Å². The molecule has 1 aromatic carbocycles. The Hall–Kier alpha value is -0.950. The van der Waals surface area contributed by atoms with Gasteiger partial charge < -0.3 is 10.1 Å². The smallest absolute Gasteiger partial charge is 0.240 e. The number of methoxy groups -OCH3 is 1. The SMILES string of the molecule is CCNCc1cc(C)c(C)c(S(=O)(=O)NCCCOC)c1. The van der Waals surface area contributed by atoms with Gasteiger partial charge in [-0.1, -0.05) is 13.0 Å². The van der Waals surface area contributed by atoms with Gasteiger partial charge in [0.1, 0.15) is 0 Å². The monoisotopic (exact) mass is 314 g/mol. The van der Waals surface area contributed by atoms with Gasteiger partial charge >= 0.3 is 0 Å². The molecule has 0 unspecified atom stereocenters. The van der Waals surface area contributed by atoms with Crippen molar-refractivity contribution in [3.63, 3.8) is 0 Å². The van der Waals surface area contributed by atoms with Gasteiger partial charge in [0.15, 0.2) is 0 Å². The molecule has 0 aliphatic rings. The summed E-state index contributed by atoms with van der Waals surface area (Å²) >= 11 is 0. The van der Waals surface area contributed by atoms with Gasteiger partial charge in [0.05, 0.1) is 4.90 Å². The molecule has 0 aliphatic heterocycles. The zero-order chi connectivity index (χ0) is 15.9. The Labute approximate surface area is 128 Å². The Bertz CT molecular complexity index is 556. The normalized spacial score (nSPS) is 11.8. The molecule has 0 saturated carbocycles. The maximum atomic E-state index is 12.4. The maximum Gasteiger partial charge on any atom is 0.240 e. The number of benzene rings is 1. The molecule has 1 aromatic rings. The average Bonchev–Trinajstić information content (AvgIpc) is 2.44. The van der Waals surface area contributed by atoms with E-state index in [2.05, 4.69) is 10.0 Å². The molecule has 0 bridgehead atoms. The third-order valence-electron chi connectivity index (χ3n) is 3.37. The third-order valence-corrected chi connectivity index (χ3v) is 4.95. The van der Waals surface area contributed by atoms with E-state index in [4.69, 9.17) is 4.74 Å². The van der Waals surface area contributed by atoms with E-state index in [9.17, 15) is 8.42 Å². The zero-order valence-corrected chi connectivity index (χ0v) is 14.1. The summed E-state index contributed by atoms with van der Waals surface area (Å²) in [6, 6.07) is 3.78. The highest BCUT2D eigenvalue weighted by molar-refractivity contribution is 7.89. The molecule has 21 heavy (non-hydrogen) atoms. The fourth-order valence-corrected chi connectivity index (χ4v) is 3.49. The van der Waals surface area contributed by atoms with Gasteiger partial charge in [0.2, 0.25) is 10.0 Å². The summed E-state index contributed by atoms with van der Waals surface area (Å²) in [5.41, 5.74) is 2.77. The van der Waals surface area contributed by atoms with E-state index in [0.29, 0.717) is 31.0 Å². The minimum absolute atomic E-state index is 0.368. The summed E-state index contributed by atoms with van der Waals surface area (Å²) < 4.78 is 32.4. The molecule has 0 fully saturated rings. The Morgan fingerprint density at radius 2 is 1.95 bits per heavy atom. The highest BCUT2D eigenvalue weighted by Crippen LogP contribution is 2.21. The van der Waals surface area contributed by atoms with Gasteiger partial charge in [-0.25, -0.2) is 13.1 Å². The molecule has 0 aromatic heterocycles. The number of aryl methyl sites for hydroxylation is 1. The van der Waals surface area contributed by atoms with Crippen LogP contribution in [0.3, 0.4) is 0 Å². The number of hydrogen-bond donors (Lipinski definition) is 2. The predicted molar refractivity (Wildman–Crippen MR) is 85.0 cm³/mol. The molecule has 0 spiro atoms. The van der Waals surface area contributed by atoms with Crippen molar-refractivity contribution in [1.82, 2.24) is 10.0 Å². The minimum atomic E-state index is -3.47. The van der Waals surface area contributed by atoms with E-state index >= 15 is 0 Å². The van der Waals surface area contributed by atoms with Gasteiger partial charge in [-0.2, -0.15) is 0 Å². The van der Waals surface area contributed by atoms with Crippen molar-refractivity contribution in [1.29, 1.82) is 0 Å². The summed E-state index contributed by atoms with van der Waals surface area (Å²) in [5, 5.41) is 3.22. The highest BCUT2D eigenvalue weighted by Gasteiger charge is 2.18. The lowest BCUT2D eigenvalue weighted by molar-refractivity contribution is 0.196. The van der Waals surface area contributed by atoms with Crippen LogP contribution < -0.4 is 10.0 Å². The molecule has 0 radical (unpaired) electrons. The van der Waals surface area contributed by atoms with E-state index in [1.165, 1.54) is 0 Å². The maximum absolute atomic E-state index is 12.4. The van der Waals surface area contributed by atoms with Crippen LogP contribution in [0, 0.1) is 13.8 Å². The van der Waals surface area contributed by atoms with E-state index in [-0.39, 0.29) is 0 Å². The van der Waals surface area contributed by atoms with Crippen LogP contribution in [-0.4, -0.2) is 35.2 Å². The first-order chi connectivity index (χ1) is 9.92. The van der Waals surface area contributed by atoms with Crippen molar-refractivity contribution in [3.8, 4) is 0 Å². The van der Waals surface area contributed by atoms with Gasteiger partial charge in [-0.05, 0) is 49.6 Å². The van der Waals surface area contributed by atoms with E-state index in [0.717, 1.165) is 23.2 Å². The van der Waals surface area contributed by atoms with Crippen molar-refractivity contribution in [2.45, 2.75) is 38.6 Å². The summed E-state index contributed by atoms with van der Waals surface area (Å²) in [7, 11) is -1.87. The molecule has 6 heteroatoms. The van der Waals surface area contributed by atoms with Crippen LogP contribution in [0.2, 0.25) is 0 Å². The number of ether oxygens (including phenoxy) is 1. The second-order valence-corrected chi connectivity index (χ2v) is 6.80. The molecular weight excluding hydrogens is 288 g/mol. The van der Waals surface area contributed by atoms with Crippen molar-refractivity contribution in [2.24, 2.45) is 0 Å². The van der Waals surface area contributed by atoms with E-state index in [1.807, 2.05) is 26.8 Å². The van der Waals surface area contributed by atoms with Crippen LogP contribution in [0.15, 0.2) is 17.0 Å². The second-order valence-electron chi connectivity index (χ2n) is 5.06. The Morgan fingerprint density at radius 3 is 2.57 bits per heavy atom. The lowest BCUT2D eigenvalue weighted by Crippen LogP contribution is -2.26. The van der Waals surface area contributed by atoms with Crippen molar-refractivity contribution in [3.05, 3.63) is 28.8 Å². The second kappa shape index (κ2) is 8.48. The largest absolute Gasteiger partial charge is 0.385 e. The van der Waals surface area contributed by atoms with E-state index < -0.39 is 10.0 Å². The first-order valence-electron chi connectivity index (χ1n) is 7.21. The lowest BCUT2D eigenvalue weighted by atomic mass is 10.1. The average molecular weight is 314 g/mol. The first-order valence-corrected chi connectivity index (χ1v) is 8.70. The Balaban J connectivity index is 2.95. The van der Waals surface area contributed by atoms with Crippen LogP contribution in [0.5, 0.6) is 0 Å². The highest BCUT2D eigenvalue weighted by atomic mass is 32.2. The first kappa shape index (κ1) is 18.1. The summed E-state index contributed by atoms with van der Waals surface area (Å²) in [6.07, 6.45) is 0.658. The lowest BCUT2D eigenvalue weighted by Gasteiger charge is -2.14. The van der Waals surface area contributed by atoms with Gasteiger partial charge in [0, 0.05) is 26.8 Å². The summed E-state index contributed by atoms with van der Waals surface area (Å²) in [5.74, 6) is 0. The van der Waals surface area contributed by atoms with Crippen LogP contribution in [0.25, 0.3) is 0 Å². The van der Waals surface area contributed by atoms with Crippen LogP contribution in [0.1, 0.15) is 30.0 Å². The van der Waals surface area contributed by atoms with Crippen molar-refractivity contribution in [2.75, 3.05) is 26.8 Å². The quantitative estimate of drug-likeness (QED) is 0.681. The molecule has 0 aliphatic carbocycles. The molecule has 5 nitrogen and oxygen atoms in total. The standard InChI is InChI=1S/C15H26N2O3S/c1-5-16-11-14-9-12(2)13(3)15(10-14)21(18,19)17-7-6-8-20-4/h9-10,16-17H,5-8,11H2,1-4H3. The fraction of sp³-hybridized carbons (Fsp3) is 0.600. The molecule has 0 saturated heterocycles. The topological polar surface area (TPSA) is 67.4 Å².